The van der Waals surface area contributed by atoms with Crippen LogP contribution in [-0.4, -0.2) is 22.5 Å². The van der Waals surface area contributed by atoms with Gasteiger partial charge in [-0.15, -0.1) is 0 Å². The monoisotopic (exact) mass is 251 g/mol. The second-order valence-electron chi connectivity index (χ2n) is 3.25. The first-order chi connectivity index (χ1) is 8.08. The third kappa shape index (κ3) is 2.39. The van der Waals surface area contributed by atoms with Crippen LogP contribution >= 0.6 is 11.8 Å². The maximum Gasteiger partial charge on any atom is 0.288 e. The Balaban J connectivity index is 2.22. The molecule has 1 heterocycles. The number of carbonyl (C=O) groups is 3. The number of thioether (sulfide) groups is 1. The van der Waals surface area contributed by atoms with E-state index in [-0.39, 0.29) is 11.3 Å². The number of nitrogens with one attached hydrogen (secondary N) is 2. The highest BCUT2D eigenvalue weighted by Gasteiger charge is 2.31. The highest BCUT2D eigenvalue weighted by Crippen LogP contribution is 2.23. The molecule has 88 valence electrons. The molecule has 7 heteroatoms. The first kappa shape index (κ1) is 11.5. The summed E-state index contributed by atoms with van der Waals surface area (Å²) in [6.45, 7) is 0. The third-order valence-electron chi connectivity index (χ3n) is 2.12. The predicted octanol–water partition coefficient (Wildman–Crippen LogP) is -0.229. The van der Waals surface area contributed by atoms with Crippen LogP contribution in [0, 0.1) is 0 Å². The second kappa shape index (κ2) is 4.46. The summed E-state index contributed by atoms with van der Waals surface area (Å²) < 4.78 is 0. The number of benzene rings is 1. The van der Waals surface area contributed by atoms with Crippen molar-refractivity contribution in [2.24, 2.45) is 0 Å². The van der Waals surface area contributed by atoms with Crippen LogP contribution in [0.5, 0.6) is 0 Å². The number of hydrogen-bond acceptors (Lipinski definition) is 6. The number of aromatic carboxylic acids is 1. The highest BCUT2D eigenvalue weighted by atomic mass is 32.2. The largest absolute Gasteiger partial charge is 0.545 e. The number of carboxylic acid groups (broad SMARTS) is 1. The van der Waals surface area contributed by atoms with Gasteiger partial charge in [0.15, 0.2) is 5.37 Å². The first-order valence-corrected chi connectivity index (χ1v) is 5.54. The Bertz CT molecular complexity index is 503. The summed E-state index contributed by atoms with van der Waals surface area (Å²) in [4.78, 5) is 33.0. The maximum absolute atomic E-state index is 11.3. The molecule has 2 rings (SSSR count). The predicted molar refractivity (Wildman–Crippen MR) is 59.3 cm³/mol. The third-order valence-corrected chi connectivity index (χ3v) is 3.01. The van der Waals surface area contributed by atoms with Crippen LogP contribution in [0.2, 0.25) is 0 Å². The molecule has 1 aliphatic heterocycles. The minimum absolute atomic E-state index is 0.0553. The zero-order chi connectivity index (χ0) is 12.4. The normalized spacial score (nSPS) is 18.9. The van der Waals surface area contributed by atoms with Gasteiger partial charge in [0.25, 0.3) is 11.1 Å². The first-order valence-electron chi connectivity index (χ1n) is 4.66. The van der Waals surface area contributed by atoms with Crippen molar-refractivity contribution >= 4 is 34.6 Å². The molecule has 0 unspecified atom stereocenters. The summed E-state index contributed by atoms with van der Waals surface area (Å²) in [5, 5.41) is 14.3. The molecule has 0 radical (unpaired) electrons. The van der Waals surface area contributed by atoms with E-state index in [4.69, 9.17) is 0 Å². The average molecular weight is 251 g/mol. The summed E-state index contributed by atoms with van der Waals surface area (Å²) in [5.41, 5.74) is 0.190. The van der Waals surface area contributed by atoms with Crippen LogP contribution < -0.4 is 15.7 Å². The van der Waals surface area contributed by atoms with Gasteiger partial charge in [-0.3, -0.25) is 14.9 Å². The van der Waals surface area contributed by atoms with Gasteiger partial charge in [-0.05, 0) is 17.8 Å². The quantitative estimate of drug-likeness (QED) is 0.770. The molecule has 1 aromatic rings. The molecular weight excluding hydrogens is 244 g/mol. The number of hydrogen-bond donors (Lipinski definition) is 2. The molecule has 0 aliphatic carbocycles. The Hall–Kier alpha value is -2.02. The molecule has 0 spiro atoms. The summed E-state index contributed by atoms with van der Waals surface area (Å²) in [7, 11) is 0. The molecule has 2 N–H and O–H groups in total. The number of amides is 2. The lowest BCUT2D eigenvalue weighted by Crippen LogP contribution is -2.31. The Morgan fingerprint density at radius 1 is 1.35 bits per heavy atom. The van der Waals surface area contributed by atoms with E-state index >= 15 is 0 Å². The van der Waals surface area contributed by atoms with Crippen LogP contribution in [0.15, 0.2) is 24.3 Å². The van der Waals surface area contributed by atoms with Crippen molar-refractivity contribution < 1.29 is 19.5 Å². The van der Waals surface area contributed by atoms with E-state index < -0.39 is 22.5 Å². The number of carbonyl (C=O) groups excluding carboxylic acids is 3. The molecular formula is C10H7N2O4S-. The summed E-state index contributed by atoms with van der Waals surface area (Å²) in [5.74, 6) is -1.84. The number of rotatable bonds is 3. The Labute approximate surface area is 100 Å². The van der Waals surface area contributed by atoms with Crippen molar-refractivity contribution in [2.45, 2.75) is 5.37 Å². The number of para-hydroxylation sites is 1. The van der Waals surface area contributed by atoms with Gasteiger partial charge in [0, 0.05) is 11.3 Å². The molecule has 17 heavy (non-hydrogen) atoms. The van der Waals surface area contributed by atoms with Crippen molar-refractivity contribution in [1.82, 2.24) is 5.32 Å². The average Bonchev–Trinajstić information content (AvgIpc) is 2.58. The van der Waals surface area contributed by atoms with Crippen LogP contribution in [-0.2, 0) is 4.79 Å². The minimum Gasteiger partial charge on any atom is -0.545 e. The zero-order valence-electron chi connectivity index (χ0n) is 8.43. The van der Waals surface area contributed by atoms with Gasteiger partial charge in [0.2, 0.25) is 0 Å². The molecule has 1 aromatic carbocycles. The summed E-state index contributed by atoms with van der Waals surface area (Å²) in [6, 6.07) is 6.02. The smallest absolute Gasteiger partial charge is 0.288 e. The lowest BCUT2D eigenvalue weighted by molar-refractivity contribution is -0.254. The van der Waals surface area contributed by atoms with Gasteiger partial charge in [0.1, 0.15) is 0 Å². The lowest BCUT2D eigenvalue weighted by Gasteiger charge is -2.14. The van der Waals surface area contributed by atoms with Crippen LogP contribution in [0.4, 0.5) is 10.5 Å². The molecule has 1 aliphatic rings. The van der Waals surface area contributed by atoms with Crippen molar-refractivity contribution in [3.8, 4) is 0 Å². The van der Waals surface area contributed by atoms with Gasteiger partial charge < -0.3 is 15.2 Å². The summed E-state index contributed by atoms with van der Waals surface area (Å²) >= 11 is 0.765. The van der Waals surface area contributed by atoms with Crippen molar-refractivity contribution in [2.75, 3.05) is 5.32 Å². The van der Waals surface area contributed by atoms with Crippen LogP contribution in [0.1, 0.15) is 10.4 Å². The number of imide groups is 1. The Kier molecular flexibility index (Phi) is 3.01. The van der Waals surface area contributed by atoms with E-state index in [2.05, 4.69) is 10.6 Å². The van der Waals surface area contributed by atoms with Gasteiger partial charge in [-0.25, -0.2) is 0 Å². The van der Waals surface area contributed by atoms with E-state index in [1.165, 1.54) is 12.1 Å². The Morgan fingerprint density at radius 3 is 2.65 bits per heavy atom. The van der Waals surface area contributed by atoms with Gasteiger partial charge in [-0.2, -0.15) is 0 Å². The standard InChI is InChI=1S/C10H8N2O4S/c13-7-8(17-10(16)12-7)11-6-4-2-1-3-5(6)9(14)15/h1-4,8,11H,(H,14,15)(H,12,13,16)/p-1/t8-/m0/s1. The van der Waals surface area contributed by atoms with E-state index in [1.807, 2.05) is 0 Å². The molecule has 1 fully saturated rings. The minimum atomic E-state index is -1.34. The van der Waals surface area contributed by atoms with Gasteiger partial charge in [-0.1, -0.05) is 18.2 Å². The second-order valence-corrected chi connectivity index (χ2v) is 4.33. The summed E-state index contributed by atoms with van der Waals surface area (Å²) in [6.07, 6.45) is 0. The highest BCUT2D eigenvalue weighted by molar-refractivity contribution is 8.15. The molecule has 1 saturated heterocycles. The molecule has 0 bridgehead atoms. The van der Waals surface area contributed by atoms with E-state index in [1.54, 1.807) is 12.1 Å². The van der Waals surface area contributed by atoms with E-state index in [0.29, 0.717) is 0 Å². The lowest BCUT2D eigenvalue weighted by atomic mass is 10.2. The Morgan fingerprint density at radius 2 is 2.06 bits per heavy atom. The van der Waals surface area contributed by atoms with Gasteiger partial charge in [0.05, 0.1) is 5.97 Å². The van der Waals surface area contributed by atoms with Crippen molar-refractivity contribution in [1.29, 1.82) is 0 Å². The number of anilines is 1. The SMILES string of the molecule is O=C1NC(=O)[C@@H](Nc2ccccc2C(=O)[O-])S1. The number of carboxylic acids is 1. The fourth-order valence-corrected chi connectivity index (χ4v) is 2.10. The molecule has 1 atom stereocenters. The topological polar surface area (TPSA) is 98.3 Å². The molecule has 0 aromatic heterocycles. The van der Waals surface area contributed by atoms with Crippen LogP contribution in [0.3, 0.4) is 0 Å². The zero-order valence-corrected chi connectivity index (χ0v) is 9.24. The molecule has 6 nitrogen and oxygen atoms in total. The molecule has 2 amide bonds. The maximum atomic E-state index is 11.3. The van der Waals surface area contributed by atoms with Crippen LogP contribution in [0.25, 0.3) is 0 Å². The fraction of sp³-hybridized carbons (Fsp3) is 0.100. The van der Waals surface area contributed by atoms with E-state index in [9.17, 15) is 19.5 Å². The van der Waals surface area contributed by atoms with Crippen molar-refractivity contribution in [3.05, 3.63) is 29.8 Å². The molecule has 0 saturated carbocycles. The van der Waals surface area contributed by atoms with E-state index in [0.717, 1.165) is 11.8 Å². The van der Waals surface area contributed by atoms with Gasteiger partial charge >= 0.3 is 0 Å². The van der Waals surface area contributed by atoms with Crippen molar-refractivity contribution in [3.63, 3.8) is 0 Å². The fourth-order valence-electron chi connectivity index (χ4n) is 1.38.